The molecule has 2 nitrogen and oxygen atoms in total. The van der Waals surface area contributed by atoms with Crippen LogP contribution >= 0.6 is 0 Å². The first kappa shape index (κ1) is 28.1. The minimum Gasteiger partial charge on any atom is -0.312 e. The van der Waals surface area contributed by atoms with Gasteiger partial charge in [0.25, 0.3) is 0 Å². The molecule has 7 aromatic carbocycles. The van der Waals surface area contributed by atoms with Crippen molar-refractivity contribution in [3.63, 3.8) is 0 Å². The number of rotatable bonds is 2. The highest BCUT2D eigenvalue weighted by molar-refractivity contribution is 7.03. The van der Waals surface area contributed by atoms with E-state index in [1.54, 1.807) is 0 Å². The maximum atomic E-state index is 2.56. The fraction of sp³-hybridized carbons (Fsp3) is 0.0870. The van der Waals surface area contributed by atoms with Gasteiger partial charge in [-0.25, -0.2) is 0 Å². The molecule has 0 saturated heterocycles. The molecule has 11 rings (SSSR count). The van der Waals surface area contributed by atoms with Gasteiger partial charge >= 0.3 is 0 Å². The predicted molar refractivity (Wildman–Crippen MR) is 215 cm³/mol. The highest BCUT2D eigenvalue weighted by Gasteiger charge is 2.47. The minimum absolute atomic E-state index is 0.0676. The Kier molecular flexibility index (Phi) is 5.58. The SMILES string of the molecule is CC(C)(C)c1ccc2c(c1)-c1cccc3c1B2c1cc2c(cc1N3c1ccccc1)B1c3ccccc3-c3cccc(c31)N2c1ccccc1. The second kappa shape index (κ2) is 9.92. The third-order valence-corrected chi connectivity index (χ3v) is 11.6. The van der Waals surface area contributed by atoms with E-state index >= 15 is 0 Å². The minimum atomic E-state index is 0.0676. The number of hydrogen-bond donors (Lipinski definition) is 0. The van der Waals surface area contributed by atoms with Gasteiger partial charge < -0.3 is 9.80 Å². The van der Waals surface area contributed by atoms with Crippen LogP contribution in [0.5, 0.6) is 0 Å². The summed E-state index contributed by atoms with van der Waals surface area (Å²) >= 11 is 0. The number of hydrogen-bond acceptors (Lipinski definition) is 2. The van der Waals surface area contributed by atoms with Gasteiger partial charge in [0.15, 0.2) is 0 Å². The average molecular weight is 636 g/mol. The molecule has 0 aliphatic carbocycles. The van der Waals surface area contributed by atoms with Gasteiger partial charge in [-0.3, -0.25) is 0 Å². The van der Waals surface area contributed by atoms with Crippen molar-refractivity contribution in [1.82, 2.24) is 0 Å². The summed E-state index contributed by atoms with van der Waals surface area (Å²) in [5.74, 6) is 0. The van der Waals surface area contributed by atoms with Crippen LogP contribution in [-0.2, 0) is 5.41 Å². The summed E-state index contributed by atoms with van der Waals surface area (Å²) < 4.78 is 0. The molecule has 4 heteroatoms. The van der Waals surface area contributed by atoms with E-state index in [9.17, 15) is 0 Å². The number of anilines is 6. The zero-order chi connectivity index (χ0) is 33.3. The fourth-order valence-corrected chi connectivity index (χ4v) is 9.46. The monoisotopic (exact) mass is 636 g/mol. The molecule has 0 bridgehead atoms. The Morgan fingerprint density at radius 3 is 1.42 bits per heavy atom. The molecular weight excluding hydrogens is 602 g/mol. The number of benzene rings is 7. The molecule has 50 heavy (non-hydrogen) atoms. The van der Waals surface area contributed by atoms with Gasteiger partial charge in [-0.2, -0.15) is 0 Å². The van der Waals surface area contributed by atoms with E-state index < -0.39 is 0 Å². The van der Waals surface area contributed by atoms with Gasteiger partial charge in [0.1, 0.15) is 0 Å². The molecule has 0 N–H and O–H groups in total. The van der Waals surface area contributed by atoms with Crippen LogP contribution in [0.4, 0.5) is 34.1 Å². The lowest BCUT2D eigenvalue weighted by molar-refractivity contribution is 0.590. The quantitative estimate of drug-likeness (QED) is 0.181. The molecule has 0 aromatic heterocycles. The smallest absolute Gasteiger partial charge is 0.248 e. The molecular formula is C46H34B2N2. The molecule has 0 fully saturated rings. The van der Waals surface area contributed by atoms with E-state index in [0.29, 0.717) is 0 Å². The Balaban J connectivity index is 1.25. The second-order valence-corrected chi connectivity index (χ2v) is 15.3. The van der Waals surface area contributed by atoms with Crippen LogP contribution < -0.4 is 42.6 Å². The molecule has 0 radical (unpaired) electrons. The molecule has 0 unspecified atom stereocenters. The third-order valence-electron chi connectivity index (χ3n) is 11.6. The summed E-state index contributed by atoms with van der Waals surface area (Å²) in [6, 6.07) is 57.2. The standard InChI is InChI=1S/C46H34B2N2/c1-46(2,3)29-24-25-37-35(26-29)34-20-13-23-41-45(34)48(37)39-28-42-38(27-43(39)50(41)31-16-8-5-9-17-31)47-36-21-11-10-18-32(36)33-19-12-22-40(44(33)47)49(42)30-14-6-4-7-15-30/h4-28H,1-3H3. The lowest BCUT2D eigenvalue weighted by Crippen LogP contribution is -2.58. The van der Waals surface area contributed by atoms with Crippen LogP contribution in [0, 0.1) is 0 Å². The van der Waals surface area contributed by atoms with Gasteiger partial charge in [0, 0.05) is 34.1 Å². The van der Waals surface area contributed by atoms with E-state index in [0.717, 1.165) is 0 Å². The number of nitrogens with zero attached hydrogens (tertiary/aromatic N) is 2. The van der Waals surface area contributed by atoms with Crippen molar-refractivity contribution >= 4 is 80.3 Å². The molecule has 0 saturated carbocycles. The Bertz CT molecular complexity index is 2550. The Labute approximate surface area is 294 Å². The summed E-state index contributed by atoms with van der Waals surface area (Å²) in [4.78, 5) is 5.07. The van der Waals surface area contributed by atoms with E-state index in [2.05, 4.69) is 182 Å². The van der Waals surface area contributed by atoms with Crippen LogP contribution in [0.3, 0.4) is 0 Å². The Hall–Kier alpha value is -5.73. The molecule has 4 aliphatic rings. The average Bonchev–Trinajstić information content (AvgIpc) is 3.67. The van der Waals surface area contributed by atoms with Gasteiger partial charge in [-0.05, 0) is 104 Å². The van der Waals surface area contributed by atoms with E-state index in [-0.39, 0.29) is 18.8 Å². The lowest BCUT2D eigenvalue weighted by atomic mass is 9.34. The van der Waals surface area contributed by atoms with E-state index in [4.69, 9.17) is 0 Å². The predicted octanol–water partition coefficient (Wildman–Crippen LogP) is 7.54. The third kappa shape index (κ3) is 3.66. The Morgan fingerprint density at radius 1 is 0.380 bits per heavy atom. The van der Waals surface area contributed by atoms with Crippen LogP contribution in [-0.4, -0.2) is 13.4 Å². The first-order valence-corrected chi connectivity index (χ1v) is 17.9. The van der Waals surface area contributed by atoms with Crippen LogP contribution in [0.15, 0.2) is 152 Å². The zero-order valence-electron chi connectivity index (χ0n) is 28.5. The molecule has 7 aromatic rings. The van der Waals surface area contributed by atoms with Crippen LogP contribution in [0.25, 0.3) is 22.3 Å². The van der Waals surface area contributed by atoms with Crippen molar-refractivity contribution in [2.45, 2.75) is 26.2 Å². The topological polar surface area (TPSA) is 6.48 Å². The molecule has 0 atom stereocenters. The van der Waals surface area contributed by atoms with Crippen LogP contribution in [0.2, 0.25) is 0 Å². The summed E-state index contributed by atoms with van der Waals surface area (Å²) in [5.41, 5.74) is 22.7. The largest absolute Gasteiger partial charge is 0.312 e. The molecule has 0 amide bonds. The van der Waals surface area contributed by atoms with Crippen molar-refractivity contribution in [3.05, 3.63) is 157 Å². The second-order valence-electron chi connectivity index (χ2n) is 15.3. The normalized spacial score (nSPS) is 14.1. The van der Waals surface area contributed by atoms with Crippen molar-refractivity contribution in [3.8, 4) is 22.3 Å². The molecule has 4 heterocycles. The van der Waals surface area contributed by atoms with Gasteiger partial charge in [0.2, 0.25) is 13.4 Å². The lowest BCUT2D eigenvalue weighted by Gasteiger charge is -2.41. The summed E-state index contributed by atoms with van der Waals surface area (Å²) in [7, 11) is 0. The molecule has 0 spiro atoms. The zero-order valence-corrected chi connectivity index (χ0v) is 28.5. The highest BCUT2D eigenvalue weighted by atomic mass is 15.2. The maximum absolute atomic E-state index is 2.56. The molecule has 4 aliphatic heterocycles. The first-order chi connectivity index (χ1) is 24.5. The number of fused-ring (bicyclic) bond motifs is 10. The Morgan fingerprint density at radius 2 is 0.860 bits per heavy atom. The maximum Gasteiger partial charge on any atom is 0.248 e. The van der Waals surface area contributed by atoms with Crippen molar-refractivity contribution in [2.24, 2.45) is 0 Å². The fourth-order valence-electron chi connectivity index (χ4n) is 9.46. The van der Waals surface area contributed by atoms with Crippen LogP contribution in [0.1, 0.15) is 26.3 Å². The summed E-state index contributed by atoms with van der Waals surface area (Å²) in [5, 5.41) is 0. The van der Waals surface area contributed by atoms with Crippen molar-refractivity contribution in [2.75, 3.05) is 9.80 Å². The summed E-state index contributed by atoms with van der Waals surface area (Å²) in [6.07, 6.45) is 0. The van der Waals surface area contributed by atoms with Crippen molar-refractivity contribution in [1.29, 1.82) is 0 Å². The summed E-state index contributed by atoms with van der Waals surface area (Å²) in [6.45, 7) is 7.26. The molecule has 234 valence electrons. The first-order valence-electron chi connectivity index (χ1n) is 17.9. The van der Waals surface area contributed by atoms with Gasteiger partial charge in [-0.1, -0.05) is 135 Å². The van der Waals surface area contributed by atoms with Gasteiger partial charge in [-0.15, -0.1) is 0 Å². The highest BCUT2D eigenvalue weighted by Crippen LogP contribution is 2.45. The number of para-hydroxylation sites is 2. The van der Waals surface area contributed by atoms with Crippen molar-refractivity contribution < 1.29 is 0 Å². The van der Waals surface area contributed by atoms with E-state index in [1.807, 2.05) is 0 Å². The van der Waals surface area contributed by atoms with Gasteiger partial charge in [0.05, 0.1) is 0 Å². The van der Waals surface area contributed by atoms with E-state index in [1.165, 1.54) is 94.7 Å².